The Morgan fingerprint density at radius 1 is 1.17 bits per heavy atom. The maximum Gasteiger partial charge on any atom is 0.253 e. The fourth-order valence-corrected chi connectivity index (χ4v) is 6.84. The summed E-state index contributed by atoms with van der Waals surface area (Å²) in [5.41, 5.74) is 3.01. The molecule has 2 aliphatic rings. The molecule has 0 radical (unpaired) electrons. The summed E-state index contributed by atoms with van der Waals surface area (Å²) in [6.45, 7) is 7.69. The van der Waals surface area contributed by atoms with Crippen molar-refractivity contribution < 1.29 is 4.74 Å². The third kappa shape index (κ3) is 4.03. The molecule has 1 aromatic carbocycles. The van der Waals surface area contributed by atoms with Gasteiger partial charge in [-0.05, 0) is 49.9 Å². The summed E-state index contributed by atoms with van der Waals surface area (Å²) in [6.07, 6.45) is 4.04. The fourth-order valence-electron chi connectivity index (χ4n) is 5.77. The summed E-state index contributed by atoms with van der Waals surface area (Å²) in [5.74, 6) is 1.43. The summed E-state index contributed by atoms with van der Waals surface area (Å²) in [6, 6.07) is 14.5. The van der Waals surface area contributed by atoms with Crippen molar-refractivity contribution in [3.63, 3.8) is 0 Å². The zero-order chi connectivity index (χ0) is 24.9. The maximum absolute atomic E-state index is 13.1. The minimum atomic E-state index is -0.0999. The van der Waals surface area contributed by atoms with Crippen LogP contribution >= 0.6 is 11.3 Å². The Morgan fingerprint density at radius 2 is 1.97 bits per heavy atom. The van der Waals surface area contributed by atoms with Crippen LogP contribution in [0.5, 0.6) is 0 Å². The molecule has 36 heavy (non-hydrogen) atoms. The van der Waals surface area contributed by atoms with E-state index in [0.29, 0.717) is 17.9 Å². The van der Waals surface area contributed by atoms with E-state index >= 15 is 0 Å². The number of hydrogen-bond acceptors (Lipinski definition) is 7. The third-order valence-electron chi connectivity index (χ3n) is 7.65. The predicted molar refractivity (Wildman–Crippen MR) is 145 cm³/mol. The molecule has 3 aromatic heterocycles. The minimum Gasteiger partial charge on any atom is -0.380 e. The molecular weight excluding hydrogens is 470 g/mol. The summed E-state index contributed by atoms with van der Waals surface area (Å²) < 4.78 is 7.36. The number of ether oxygens (including phenoxy) is 1. The number of anilines is 1. The van der Waals surface area contributed by atoms with Gasteiger partial charge in [0.25, 0.3) is 5.56 Å². The van der Waals surface area contributed by atoms with Gasteiger partial charge in [0, 0.05) is 48.8 Å². The van der Waals surface area contributed by atoms with Crippen molar-refractivity contribution in [3.05, 3.63) is 75.3 Å². The molecule has 0 saturated carbocycles. The zero-order valence-electron chi connectivity index (χ0n) is 21.0. The lowest BCUT2D eigenvalue weighted by Gasteiger charge is -2.28. The van der Waals surface area contributed by atoms with Crippen LogP contribution in [0.3, 0.4) is 0 Å². The first-order valence-electron chi connectivity index (χ1n) is 12.5. The Bertz CT molecular complexity index is 1490. The number of fused-ring (bicyclic) bond motifs is 3. The number of hydrogen-bond donors (Lipinski definition) is 1. The lowest BCUT2D eigenvalue weighted by Crippen LogP contribution is -2.40. The summed E-state index contributed by atoms with van der Waals surface area (Å²) in [7, 11) is 1.73. The summed E-state index contributed by atoms with van der Waals surface area (Å²) >= 11 is 1.78. The monoisotopic (exact) mass is 501 g/mol. The van der Waals surface area contributed by atoms with Gasteiger partial charge in [0.2, 0.25) is 0 Å². The van der Waals surface area contributed by atoms with E-state index < -0.39 is 0 Å². The van der Waals surface area contributed by atoms with Crippen molar-refractivity contribution in [1.29, 1.82) is 0 Å². The van der Waals surface area contributed by atoms with E-state index in [1.165, 1.54) is 20.9 Å². The number of benzene rings is 1. The molecule has 1 unspecified atom stereocenters. The van der Waals surface area contributed by atoms with E-state index in [4.69, 9.17) is 9.72 Å². The number of rotatable bonds is 7. The minimum absolute atomic E-state index is 0.0287. The zero-order valence-corrected chi connectivity index (χ0v) is 21.8. The van der Waals surface area contributed by atoms with E-state index in [0.717, 1.165) is 43.7 Å². The van der Waals surface area contributed by atoms with Crippen LogP contribution in [0.2, 0.25) is 0 Å². The van der Waals surface area contributed by atoms with Gasteiger partial charge in [-0.25, -0.2) is 9.97 Å². The fraction of sp³-hybridized carbons (Fsp3) is 0.393. The van der Waals surface area contributed by atoms with Crippen molar-refractivity contribution in [2.45, 2.75) is 44.9 Å². The molecule has 2 saturated heterocycles. The SMILES string of the molecule is COCc1ccccc1-c1ccc(C(C)Nc2nc(C)nc3cc(=O)n(C45CCN(CC4)C5)cc23)s1. The average molecular weight is 502 g/mol. The van der Waals surface area contributed by atoms with Crippen LogP contribution < -0.4 is 10.9 Å². The Labute approximate surface area is 214 Å². The molecule has 186 valence electrons. The molecule has 1 atom stereocenters. The number of nitrogens with zero attached hydrogens (tertiary/aromatic N) is 4. The van der Waals surface area contributed by atoms with E-state index in [1.807, 2.05) is 23.8 Å². The van der Waals surface area contributed by atoms with Gasteiger partial charge in [-0.1, -0.05) is 24.3 Å². The van der Waals surface area contributed by atoms with Gasteiger partial charge in [0.1, 0.15) is 11.6 Å². The van der Waals surface area contributed by atoms with Crippen LogP contribution in [0.1, 0.15) is 42.1 Å². The van der Waals surface area contributed by atoms with E-state index in [1.54, 1.807) is 24.5 Å². The Hall–Kier alpha value is -3.07. The molecule has 0 aliphatic carbocycles. The molecule has 4 aromatic rings. The van der Waals surface area contributed by atoms with Gasteiger partial charge in [-0.3, -0.25) is 4.79 Å². The standard InChI is InChI=1S/C28H31N5O2S/c1-18(24-8-9-25(36-24)21-7-5-4-6-20(21)16-35-3)29-27-22-15-33(28-10-12-32(17-28)13-11-28)26(34)14-23(22)30-19(2)31-27/h4-9,14-15,18H,10-13,16-17H2,1-3H3,(H,29,30,31). The molecule has 0 amide bonds. The average Bonchev–Trinajstić information content (AvgIpc) is 3.61. The Kier molecular flexibility index (Phi) is 5.90. The largest absolute Gasteiger partial charge is 0.380 e. The molecule has 5 heterocycles. The molecule has 8 heteroatoms. The van der Waals surface area contributed by atoms with E-state index in [-0.39, 0.29) is 17.1 Å². The number of methoxy groups -OCH3 is 1. The van der Waals surface area contributed by atoms with E-state index in [2.05, 4.69) is 52.5 Å². The van der Waals surface area contributed by atoms with Crippen molar-refractivity contribution >= 4 is 28.1 Å². The molecule has 2 aliphatic heterocycles. The molecule has 1 N–H and O–H groups in total. The van der Waals surface area contributed by atoms with Gasteiger partial charge >= 0.3 is 0 Å². The predicted octanol–water partition coefficient (Wildman–Crippen LogP) is 4.95. The number of aromatic nitrogens is 3. The highest BCUT2D eigenvalue weighted by Gasteiger charge is 2.45. The van der Waals surface area contributed by atoms with Crippen molar-refractivity contribution in [2.24, 2.45) is 0 Å². The van der Waals surface area contributed by atoms with Crippen molar-refractivity contribution in [2.75, 3.05) is 32.1 Å². The van der Waals surface area contributed by atoms with Gasteiger partial charge in [0.15, 0.2) is 0 Å². The van der Waals surface area contributed by atoms with Crippen LogP contribution in [0.15, 0.2) is 53.5 Å². The normalized spacial score (nSPS) is 21.8. The molecule has 6 rings (SSSR count). The number of aryl methyl sites for hydroxylation is 1. The highest BCUT2D eigenvalue weighted by atomic mass is 32.1. The lowest BCUT2D eigenvalue weighted by atomic mass is 9.94. The number of piperidine rings is 1. The summed E-state index contributed by atoms with van der Waals surface area (Å²) in [4.78, 5) is 27.4. The van der Waals surface area contributed by atoms with Crippen LogP contribution in [-0.2, 0) is 16.9 Å². The van der Waals surface area contributed by atoms with Crippen LogP contribution in [0, 0.1) is 6.92 Å². The van der Waals surface area contributed by atoms with Crippen LogP contribution in [0.4, 0.5) is 5.82 Å². The quantitative estimate of drug-likeness (QED) is 0.386. The first-order valence-corrected chi connectivity index (χ1v) is 13.3. The van der Waals surface area contributed by atoms with Gasteiger partial charge in [-0.15, -0.1) is 11.3 Å². The number of nitrogens with one attached hydrogen (secondary N) is 1. The molecular formula is C28H31N5O2S. The first-order chi connectivity index (χ1) is 17.5. The molecule has 2 fully saturated rings. The van der Waals surface area contributed by atoms with E-state index in [9.17, 15) is 4.79 Å². The Morgan fingerprint density at radius 3 is 2.72 bits per heavy atom. The maximum atomic E-state index is 13.1. The summed E-state index contributed by atoms with van der Waals surface area (Å²) in [5, 5.41) is 4.53. The van der Waals surface area contributed by atoms with Crippen LogP contribution in [0.25, 0.3) is 21.3 Å². The number of thiophene rings is 1. The smallest absolute Gasteiger partial charge is 0.253 e. The molecule has 2 bridgehead atoms. The van der Waals surface area contributed by atoms with Gasteiger partial charge in [0.05, 0.1) is 29.1 Å². The highest BCUT2D eigenvalue weighted by molar-refractivity contribution is 7.15. The Balaban J connectivity index is 1.34. The number of pyridine rings is 1. The van der Waals surface area contributed by atoms with Gasteiger partial charge in [-0.2, -0.15) is 0 Å². The first kappa shape index (κ1) is 23.3. The lowest BCUT2D eigenvalue weighted by molar-refractivity contribution is 0.185. The highest BCUT2D eigenvalue weighted by Crippen LogP contribution is 2.39. The second-order valence-electron chi connectivity index (χ2n) is 10.1. The van der Waals surface area contributed by atoms with Crippen LogP contribution in [-0.4, -0.2) is 46.2 Å². The van der Waals surface area contributed by atoms with Gasteiger partial charge < -0.3 is 19.5 Å². The third-order valence-corrected chi connectivity index (χ3v) is 8.95. The molecule has 7 nitrogen and oxygen atoms in total. The topological polar surface area (TPSA) is 72.3 Å². The molecule has 0 spiro atoms. The van der Waals surface area contributed by atoms with Crippen molar-refractivity contribution in [3.8, 4) is 10.4 Å². The second kappa shape index (κ2) is 9.10. The van der Waals surface area contributed by atoms with Crippen molar-refractivity contribution in [1.82, 2.24) is 19.4 Å². The second-order valence-corrected chi connectivity index (χ2v) is 11.2.